The number of ether oxygens (including phenoxy) is 5. The number of nitrogen functional groups attached to an aromatic ring is 1. The summed E-state index contributed by atoms with van der Waals surface area (Å²) in [5.41, 5.74) is 22.9. The smallest absolute Gasteiger partial charge is 0.456 e. The summed E-state index contributed by atoms with van der Waals surface area (Å²) in [5, 5.41) is 2.45. The van der Waals surface area contributed by atoms with Crippen molar-refractivity contribution < 1.29 is 84.5 Å². The van der Waals surface area contributed by atoms with Crippen LogP contribution in [0.3, 0.4) is 0 Å². The molecule has 358 valence electrons. The predicted octanol–water partition coefficient (Wildman–Crippen LogP) is 0.0479. The molecule has 0 spiro atoms. The standard InChI is InChI=1S/C36H50N7O19P3/c1-4-25(22(2)38)28(11-13-41-31(44)21-56-17-16-55-15-12-37)34(45)57-14-7-8-24-19-43(36(47)42-33(24)40)32-18-29(60-35(46)27-10-6-5-9-26(27)23(3)39)30(59-32)20-58-64(51,52)62-65(53,54)61-63(48,49)50/h4-6,9-11,13,19,22-23,29-30,32H,1,12,14-18,20-21,37-39H2,2-3H3,(H,41,44)(H,51,52)(H,53,54)(H2,40,42,47)(H2,48,49,50)/b13-11-,28-25-/t22?,23?,29-,30?,32-/m1/s1. The summed E-state index contributed by atoms with van der Waals surface area (Å²) in [6.07, 6.45) is 0.175. The zero-order valence-corrected chi connectivity index (χ0v) is 37.5. The summed E-state index contributed by atoms with van der Waals surface area (Å²) < 4.78 is 75.8. The molecule has 26 nitrogen and oxygen atoms in total. The number of carbonyl (C=O) groups is 3. The van der Waals surface area contributed by atoms with Gasteiger partial charge in [-0.2, -0.15) is 13.6 Å². The van der Waals surface area contributed by atoms with E-state index in [9.17, 15) is 42.7 Å². The molecule has 1 saturated heterocycles. The maximum atomic E-state index is 13.4. The lowest BCUT2D eigenvalue weighted by Gasteiger charge is -2.21. The fourth-order valence-electron chi connectivity index (χ4n) is 5.54. The van der Waals surface area contributed by atoms with E-state index in [1.54, 1.807) is 26.0 Å². The Morgan fingerprint density at radius 2 is 1.75 bits per heavy atom. The molecule has 2 aromatic rings. The van der Waals surface area contributed by atoms with Gasteiger partial charge in [0.1, 0.15) is 30.9 Å². The van der Waals surface area contributed by atoms with Crippen LogP contribution in [0.1, 0.15) is 54.0 Å². The lowest BCUT2D eigenvalue weighted by Crippen LogP contribution is -2.31. The Balaban J connectivity index is 1.82. The Kier molecular flexibility index (Phi) is 21.2. The monoisotopic (exact) mass is 977 g/mol. The number of nitrogens with one attached hydrogen (secondary N) is 1. The second kappa shape index (κ2) is 25.2. The van der Waals surface area contributed by atoms with Crippen molar-refractivity contribution in [3.8, 4) is 11.8 Å². The molecule has 1 amide bonds. The fraction of sp³-hybridized carbons (Fsp3) is 0.417. The zero-order chi connectivity index (χ0) is 48.5. The highest BCUT2D eigenvalue weighted by Crippen LogP contribution is 2.66. The number of hydrogen-bond donors (Lipinski definition) is 9. The number of phosphoric ester groups is 1. The molecule has 3 rings (SSSR count). The number of benzene rings is 1. The van der Waals surface area contributed by atoms with E-state index >= 15 is 0 Å². The number of amides is 1. The van der Waals surface area contributed by atoms with E-state index in [0.29, 0.717) is 18.7 Å². The number of phosphoric acid groups is 3. The summed E-state index contributed by atoms with van der Waals surface area (Å²) in [7, 11) is -17.3. The normalized spacial score (nSPS) is 19.4. The van der Waals surface area contributed by atoms with Crippen molar-refractivity contribution in [3.05, 3.63) is 93.7 Å². The van der Waals surface area contributed by atoms with E-state index in [1.165, 1.54) is 30.5 Å². The molecule has 2 heterocycles. The van der Waals surface area contributed by atoms with Crippen molar-refractivity contribution in [3.63, 3.8) is 0 Å². The van der Waals surface area contributed by atoms with Gasteiger partial charge in [-0.25, -0.2) is 28.1 Å². The number of aromatic nitrogens is 2. The third-order valence-corrected chi connectivity index (χ3v) is 12.1. The zero-order valence-electron chi connectivity index (χ0n) is 34.8. The van der Waals surface area contributed by atoms with E-state index in [4.69, 9.17) is 60.9 Å². The minimum Gasteiger partial charge on any atom is -0.456 e. The molecule has 29 heteroatoms. The highest BCUT2D eigenvalue weighted by atomic mass is 31.3. The van der Waals surface area contributed by atoms with Crippen molar-refractivity contribution >= 4 is 47.1 Å². The Morgan fingerprint density at radius 3 is 2.40 bits per heavy atom. The highest BCUT2D eigenvalue weighted by molar-refractivity contribution is 7.66. The van der Waals surface area contributed by atoms with E-state index in [2.05, 4.69) is 37.3 Å². The van der Waals surface area contributed by atoms with E-state index < -0.39 is 90.7 Å². The van der Waals surface area contributed by atoms with Crippen LogP contribution < -0.4 is 33.9 Å². The van der Waals surface area contributed by atoms with Crippen LogP contribution in [0.15, 0.2) is 71.3 Å². The minimum atomic E-state index is -5.90. The SMILES string of the molecule is C=C/C(=C(\C=C/NC(=O)COCCOCCN)C(=O)OCC#Cc1cn([C@H]2C[C@@H](OC(=O)c3ccccc3C(C)N)C(COP(=O)(O)OP(=O)(O)OP(=O)(O)O)O2)c(=O)nc1N)C(C)N. The predicted molar refractivity (Wildman–Crippen MR) is 226 cm³/mol. The van der Waals surface area contributed by atoms with Gasteiger partial charge in [0.25, 0.3) is 0 Å². The number of hydrogen-bond acceptors (Lipinski definition) is 20. The van der Waals surface area contributed by atoms with Crippen LogP contribution in [0.2, 0.25) is 0 Å². The largest absolute Gasteiger partial charge is 0.490 e. The molecule has 0 bridgehead atoms. The van der Waals surface area contributed by atoms with Gasteiger partial charge in [0.15, 0.2) is 6.61 Å². The van der Waals surface area contributed by atoms with E-state index in [0.717, 1.165) is 10.8 Å². The quantitative estimate of drug-likeness (QED) is 0.0167. The first kappa shape index (κ1) is 54.6. The Bertz CT molecular complexity index is 2360. The number of carbonyl (C=O) groups excluding carboxylic acids is 3. The van der Waals surface area contributed by atoms with Crippen LogP contribution in [-0.2, 0) is 60.1 Å². The highest BCUT2D eigenvalue weighted by Gasteiger charge is 2.44. The minimum absolute atomic E-state index is 0.0352. The van der Waals surface area contributed by atoms with Gasteiger partial charge in [-0.05, 0) is 37.1 Å². The van der Waals surface area contributed by atoms with Gasteiger partial charge in [-0.1, -0.05) is 42.7 Å². The van der Waals surface area contributed by atoms with Crippen LogP contribution in [0.5, 0.6) is 0 Å². The Morgan fingerprint density at radius 1 is 1.06 bits per heavy atom. The van der Waals surface area contributed by atoms with E-state index in [1.807, 2.05) is 0 Å². The average Bonchev–Trinajstić information content (AvgIpc) is 3.60. The van der Waals surface area contributed by atoms with Gasteiger partial charge in [0, 0.05) is 37.4 Å². The second-order valence-corrected chi connectivity index (χ2v) is 17.8. The van der Waals surface area contributed by atoms with Gasteiger partial charge in [0.2, 0.25) is 5.91 Å². The summed E-state index contributed by atoms with van der Waals surface area (Å²) in [4.78, 5) is 92.9. The lowest BCUT2D eigenvalue weighted by atomic mass is 10.0. The fourth-order valence-corrected chi connectivity index (χ4v) is 8.57. The Hall–Kier alpha value is -4.74. The first-order valence-corrected chi connectivity index (χ1v) is 23.5. The van der Waals surface area contributed by atoms with Gasteiger partial charge in [-0.3, -0.25) is 13.9 Å². The van der Waals surface area contributed by atoms with Gasteiger partial charge < -0.3 is 71.5 Å². The maximum absolute atomic E-state index is 13.4. The second-order valence-electron chi connectivity index (χ2n) is 13.4. The molecule has 0 saturated carbocycles. The van der Waals surface area contributed by atoms with Crippen LogP contribution in [-0.4, -0.2) is 111 Å². The van der Waals surface area contributed by atoms with Crippen molar-refractivity contribution in [1.29, 1.82) is 0 Å². The molecule has 1 aromatic carbocycles. The summed E-state index contributed by atoms with van der Waals surface area (Å²) >= 11 is 0. The van der Waals surface area contributed by atoms with Crippen LogP contribution in [0, 0.1) is 11.8 Å². The molecule has 1 aliphatic rings. The molecule has 1 aromatic heterocycles. The molecule has 5 unspecified atom stereocenters. The third kappa shape index (κ3) is 18.2. The molecular formula is C36H50N7O19P3. The lowest BCUT2D eigenvalue weighted by molar-refractivity contribution is -0.137. The first-order valence-electron chi connectivity index (χ1n) is 18.9. The molecule has 0 aliphatic carbocycles. The first-order chi connectivity index (χ1) is 30.5. The molecule has 65 heavy (non-hydrogen) atoms. The summed E-state index contributed by atoms with van der Waals surface area (Å²) in [6.45, 7) is 6.04. The Labute approximate surface area is 371 Å². The number of esters is 2. The maximum Gasteiger partial charge on any atom is 0.490 e. The summed E-state index contributed by atoms with van der Waals surface area (Å²) in [5.74, 6) is 2.43. The van der Waals surface area contributed by atoms with E-state index in [-0.39, 0.29) is 54.3 Å². The van der Waals surface area contributed by atoms with Crippen molar-refractivity contribution in [2.75, 3.05) is 51.9 Å². The number of nitrogens with two attached hydrogens (primary N) is 4. The molecule has 0 radical (unpaired) electrons. The van der Waals surface area contributed by atoms with Crippen LogP contribution >= 0.6 is 23.5 Å². The molecular weight excluding hydrogens is 927 g/mol. The molecule has 1 fully saturated rings. The van der Waals surface area contributed by atoms with Crippen molar-refractivity contribution in [2.24, 2.45) is 17.2 Å². The molecule has 1 aliphatic heterocycles. The van der Waals surface area contributed by atoms with Gasteiger partial charge >= 0.3 is 41.1 Å². The molecule has 7 atom stereocenters. The van der Waals surface area contributed by atoms with Crippen molar-refractivity contribution in [2.45, 2.75) is 50.8 Å². The van der Waals surface area contributed by atoms with Gasteiger partial charge in [0.05, 0.1) is 43.1 Å². The topological polar surface area (TPSA) is 408 Å². The third-order valence-electron chi connectivity index (χ3n) is 8.32. The molecule has 13 N–H and O–H groups in total. The number of nitrogens with zero attached hydrogens (tertiary/aromatic N) is 2. The van der Waals surface area contributed by atoms with Crippen LogP contribution in [0.25, 0.3) is 0 Å². The number of rotatable bonds is 24. The van der Waals surface area contributed by atoms with Gasteiger partial charge in [-0.15, -0.1) is 0 Å². The summed E-state index contributed by atoms with van der Waals surface area (Å²) in [6, 6.07) is 4.82. The van der Waals surface area contributed by atoms with Crippen molar-refractivity contribution in [1.82, 2.24) is 14.9 Å². The average molecular weight is 978 g/mol. The van der Waals surface area contributed by atoms with Crippen LogP contribution in [0.4, 0.5) is 5.82 Å². The number of anilines is 1.